The van der Waals surface area contributed by atoms with Gasteiger partial charge in [-0.15, -0.1) is 0 Å². The summed E-state index contributed by atoms with van der Waals surface area (Å²) in [6.45, 7) is 0. The summed E-state index contributed by atoms with van der Waals surface area (Å²) >= 11 is 5.96. The molecule has 2 heterocycles. The van der Waals surface area contributed by atoms with Crippen LogP contribution in [0.15, 0.2) is 28.9 Å². The van der Waals surface area contributed by atoms with Crippen molar-refractivity contribution in [1.82, 2.24) is 15.4 Å². The van der Waals surface area contributed by atoms with E-state index in [2.05, 4.69) is 15.4 Å². The molecule has 0 aliphatic heterocycles. The molecule has 6 heteroatoms. The molecule has 5 nitrogen and oxygen atoms in total. The standard InChI is InChI=1S/C10H7ClN4O/c11-9-6-3-1-2-5(8(6)14-15-9)7-4-13-16-10(7)12/h1-4H,12H2,(H,14,15). The van der Waals surface area contributed by atoms with Crippen LogP contribution in [0.4, 0.5) is 5.88 Å². The quantitative estimate of drug-likeness (QED) is 0.678. The average molecular weight is 235 g/mol. The van der Waals surface area contributed by atoms with Crippen molar-refractivity contribution in [3.63, 3.8) is 0 Å². The number of nitrogen functional groups attached to an aromatic ring is 1. The summed E-state index contributed by atoms with van der Waals surface area (Å²) in [7, 11) is 0. The van der Waals surface area contributed by atoms with E-state index in [0.29, 0.717) is 10.7 Å². The van der Waals surface area contributed by atoms with Crippen molar-refractivity contribution < 1.29 is 4.52 Å². The van der Waals surface area contributed by atoms with E-state index >= 15 is 0 Å². The van der Waals surface area contributed by atoms with Crippen molar-refractivity contribution in [2.24, 2.45) is 0 Å². The Morgan fingerprint density at radius 2 is 2.19 bits per heavy atom. The van der Waals surface area contributed by atoms with Crippen molar-refractivity contribution in [1.29, 1.82) is 0 Å². The number of halogens is 1. The van der Waals surface area contributed by atoms with Gasteiger partial charge in [-0.25, -0.2) is 0 Å². The van der Waals surface area contributed by atoms with Gasteiger partial charge in [0.05, 0.1) is 11.8 Å². The first-order chi connectivity index (χ1) is 7.77. The lowest BCUT2D eigenvalue weighted by molar-refractivity contribution is 0.436. The van der Waals surface area contributed by atoms with Gasteiger partial charge in [0.2, 0.25) is 5.88 Å². The Balaban J connectivity index is 2.36. The van der Waals surface area contributed by atoms with Crippen molar-refractivity contribution in [3.8, 4) is 11.1 Å². The van der Waals surface area contributed by atoms with Gasteiger partial charge in [0.1, 0.15) is 10.7 Å². The highest BCUT2D eigenvalue weighted by Gasteiger charge is 2.13. The first-order valence-corrected chi connectivity index (χ1v) is 4.98. The smallest absolute Gasteiger partial charge is 0.230 e. The number of rotatable bonds is 1. The number of hydrogen-bond acceptors (Lipinski definition) is 4. The first-order valence-electron chi connectivity index (χ1n) is 4.60. The van der Waals surface area contributed by atoms with Crippen molar-refractivity contribution >= 4 is 28.4 Å². The fourth-order valence-electron chi connectivity index (χ4n) is 1.67. The minimum Gasteiger partial charge on any atom is -0.367 e. The molecule has 0 saturated carbocycles. The molecule has 3 aromatic rings. The van der Waals surface area contributed by atoms with E-state index in [1.807, 2.05) is 18.2 Å². The number of anilines is 1. The molecule has 0 amide bonds. The maximum Gasteiger partial charge on any atom is 0.230 e. The second kappa shape index (κ2) is 3.24. The highest BCUT2D eigenvalue weighted by atomic mass is 35.5. The van der Waals surface area contributed by atoms with Crippen LogP contribution in [-0.4, -0.2) is 15.4 Å². The van der Waals surface area contributed by atoms with Gasteiger partial charge in [0.25, 0.3) is 0 Å². The lowest BCUT2D eigenvalue weighted by Gasteiger charge is -1.98. The van der Waals surface area contributed by atoms with E-state index in [9.17, 15) is 0 Å². The van der Waals surface area contributed by atoms with Crippen molar-refractivity contribution in [2.45, 2.75) is 0 Å². The number of benzene rings is 1. The van der Waals surface area contributed by atoms with E-state index in [-0.39, 0.29) is 5.88 Å². The van der Waals surface area contributed by atoms with Gasteiger partial charge in [-0.2, -0.15) is 5.10 Å². The lowest BCUT2D eigenvalue weighted by atomic mass is 10.1. The molecular weight excluding hydrogens is 228 g/mol. The SMILES string of the molecule is Nc1oncc1-c1cccc2c(Cl)[nH]nc12. The van der Waals surface area contributed by atoms with Crippen LogP contribution in [0.3, 0.4) is 0 Å². The summed E-state index contributed by atoms with van der Waals surface area (Å²) in [5.41, 5.74) is 7.99. The number of nitrogens with two attached hydrogens (primary N) is 1. The number of H-pyrrole nitrogens is 1. The molecule has 0 aliphatic rings. The second-order valence-corrected chi connectivity index (χ2v) is 3.72. The Hall–Kier alpha value is -2.01. The number of hydrogen-bond donors (Lipinski definition) is 2. The van der Waals surface area contributed by atoms with Crippen molar-refractivity contribution in [2.75, 3.05) is 5.73 Å². The second-order valence-electron chi connectivity index (χ2n) is 3.34. The van der Waals surface area contributed by atoms with Crippen LogP contribution < -0.4 is 5.73 Å². The molecule has 0 spiro atoms. The van der Waals surface area contributed by atoms with Crippen LogP contribution in [0, 0.1) is 0 Å². The van der Waals surface area contributed by atoms with Crippen LogP contribution in [-0.2, 0) is 0 Å². The maximum atomic E-state index is 5.96. The maximum absolute atomic E-state index is 5.96. The molecule has 0 radical (unpaired) electrons. The minimum atomic E-state index is 0.270. The van der Waals surface area contributed by atoms with Crippen LogP contribution >= 0.6 is 11.6 Å². The van der Waals surface area contributed by atoms with E-state index < -0.39 is 0 Å². The number of para-hydroxylation sites is 1. The van der Waals surface area contributed by atoms with Gasteiger partial charge in [0, 0.05) is 10.9 Å². The van der Waals surface area contributed by atoms with Crippen LogP contribution in [0.1, 0.15) is 0 Å². The van der Waals surface area contributed by atoms with Gasteiger partial charge >= 0.3 is 0 Å². The first kappa shape index (κ1) is 9.23. The Morgan fingerprint density at radius 3 is 2.94 bits per heavy atom. The molecule has 80 valence electrons. The largest absolute Gasteiger partial charge is 0.367 e. The zero-order valence-corrected chi connectivity index (χ0v) is 8.82. The highest BCUT2D eigenvalue weighted by molar-refractivity contribution is 6.34. The molecule has 3 N–H and O–H groups in total. The average Bonchev–Trinajstić information content (AvgIpc) is 2.86. The monoisotopic (exact) mass is 234 g/mol. The molecule has 0 atom stereocenters. The Morgan fingerprint density at radius 1 is 1.31 bits per heavy atom. The van der Waals surface area contributed by atoms with Gasteiger partial charge in [-0.3, -0.25) is 5.10 Å². The van der Waals surface area contributed by atoms with Gasteiger partial charge in [0.15, 0.2) is 0 Å². The summed E-state index contributed by atoms with van der Waals surface area (Å²) in [6, 6.07) is 5.66. The predicted octanol–water partition coefficient (Wildman–Crippen LogP) is 2.45. The van der Waals surface area contributed by atoms with Crippen LogP contribution in [0.5, 0.6) is 0 Å². The van der Waals surface area contributed by atoms with Gasteiger partial charge in [-0.05, 0) is 6.07 Å². The summed E-state index contributed by atoms with van der Waals surface area (Å²) in [5, 5.41) is 11.8. The van der Waals surface area contributed by atoms with Crippen LogP contribution in [0.25, 0.3) is 22.0 Å². The molecule has 16 heavy (non-hydrogen) atoms. The zero-order valence-electron chi connectivity index (χ0n) is 8.07. The number of nitrogens with one attached hydrogen (secondary N) is 1. The molecule has 0 unspecified atom stereocenters. The van der Waals surface area contributed by atoms with Gasteiger partial charge < -0.3 is 10.3 Å². The molecule has 0 bridgehead atoms. The third-order valence-electron chi connectivity index (χ3n) is 2.43. The zero-order chi connectivity index (χ0) is 11.1. The van der Waals surface area contributed by atoms with Gasteiger partial charge in [-0.1, -0.05) is 28.9 Å². The molecule has 0 saturated heterocycles. The Labute approximate surface area is 95.2 Å². The Kier molecular flexibility index (Phi) is 1.87. The highest BCUT2D eigenvalue weighted by Crippen LogP contribution is 2.33. The number of fused-ring (bicyclic) bond motifs is 1. The van der Waals surface area contributed by atoms with E-state index in [4.69, 9.17) is 21.9 Å². The Bertz CT molecular complexity index is 658. The summed E-state index contributed by atoms with van der Waals surface area (Å²) in [4.78, 5) is 0. The number of aromatic nitrogens is 3. The molecule has 0 aliphatic carbocycles. The number of nitrogens with zero attached hydrogens (tertiary/aromatic N) is 2. The topological polar surface area (TPSA) is 80.7 Å². The molecule has 1 aromatic carbocycles. The minimum absolute atomic E-state index is 0.270. The van der Waals surface area contributed by atoms with Crippen molar-refractivity contribution in [3.05, 3.63) is 29.5 Å². The molecule has 0 fully saturated rings. The van der Waals surface area contributed by atoms with E-state index in [0.717, 1.165) is 16.5 Å². The molecule has 2 aromatic heterocycles. The number of aromatic amines is 1. The summed E-state index contributed by atoms with van der Waals surface area (Å²) in [5.74, 6) is 0.270. The molecule has 3 rings (SSSR count). The van der Waals surface area contributed by atoms with E-state index in [1.165, 1.54) is 0 Å². The fraction of sp³-hybridized carbons (Fsp3) is 0. The third-order valence-corrected chi connectivity index (χ3v) is 2.71. The predicted molar refractivity (Wildman–Crippen MR) is 61.0 cm³/mol. The third kappa shape index (κ3) is 1.18. The summed E-state index contributed by atoms with van der Waals surface area (Å²) < 4.78 is 4.83. The molecular formula is C10H7ClN4O. The van der Waals surface area contributed by atoms with E-state index in [1.54, 1.807) is 6.20 Å². The summed E-state index contributed by atoms with van der Waals surface area (Å²) in [6.07, 6.45) is 1.56. The lowest BCUT2D eigenvalue weighted by Crippen LogP contribution is -1.85. The normalized spacial score (nSPS) is 11.1. The fourth-order valence-corrected chi connectivity index (χ4v) is 1.87. The van der Waals surface area contributed by atoms with Crippen LogP contribution in [0.2, 0.25) is 5.15 Å².